The van der Waals surface area contributed by atoms with Gasteiger partial charge in [-0.05, 0) is 6.07 Å². The van der Waals surface area contributed by atoms with Crippen molar-refractivity contribution in [2.45, 2.75) is 11.1 Å². The molecule has 1 atom stereocenters. The summed E-state index contributed by atoms with van der Waals surface area (Å²) in [4.78, 5) is 3.95. The van der Waals surface area contributed by atoms with Crippen LogP contribution in [0.25, 0.3) is 0 Å². The molecule has 2 aromatic rings. The highest BCUT2D eigenvalue weighted by atomic mass is 32.2. The maximum Gasteiger partial charge on any atom is 0.262 e. The Morgan fingerprint density at radius 1 is 1.50 bits per heavy atom. The van der Waals surface area contributed by atoms with Crippen LogP contribution in [0.15, 0.2) is 29.8 Å². The molecule has 1 N–H and O–H groups in total. The number of H-pyrrole nitrogens is 1. The van der Waals surface area contributed by atoms with E-state index in [0.717, 1.165) is 0 Å². The number of aryl methyl sites for hydroxylation is 1. The molecule has 1 aliphatic rings. The van der Waals surface area contributed by atoms with Crippen molar-refractivity contribution in [2.75, 3.05) is 19.8 Å². The summed E-state index contributed by atoms with van der Waals surface area (Å²) >= 11 is 0. The fraction of sp³-hybridized carbons (Fsp3) is 0.455. The van der Waals surface area contributed by atoms with Crippen LogP contribution in [0.3, 0.4) is 0 Å². The smallest absolute Gasteiger partial charge is 0.262 e. The molecular weight excluding hydrogens is 282 g/mol. The Morgan fingerprint density at radius 3 is 3.00 bits per heavy atom. The molecule has 1 aliphatic heterocycles. The number of aromatic amines is 1. The summed E-state index contributed by atoms with van der Waals surface area (Å²) in [5.41, 5.74) is 0.712. The second kappa shape index (κ2) is 5.00. The van der Waals surface area contributed by atoms with Gasteiger partial charge in [-0.2, -0.15) is 9.40 Å². The number of ether oxygens (including phenoxy) is 1. The summed E-state index contributed by atoms with van der Waals surface area (Å²) in [5, 5.41) is 6.72. The molecule has 0 aliphatic carbocycles. The predicted octanol–water partition coefficient (Wildman–Crippen LogP) is -0.0946. The normalized spacial score (nSPS) is 21.1. The minimum atomic E-state index is -3.64. The molecule has 0 amide bonds. The molecule has 1 saturated heterocycles. The van der Waals surface area contributed by atoms with Crippen LogP contribution in [-0.4, -0.2) is 52.2 Å². The Hall–Kier alpha value is -1.71. The van der Waals surface area contributed by atoms with E-state index < -0.39 is 16.1 Å². The minimum Gasteiger partial charge on any atom is -0.378 e. The number of sulfonamides is 1. The van der Waals surface area contributed by atoms with Crippen molar-refractivity contribution in [1.29, 1.82) is 0 Å². The van der Waals surface area contributed by atoms with Gasteiger partial charge in [0.05, 0.1) is 31.3 Å². The third kappa shape index (κ3) is 2.23. The van der Waals surface area contributed by atoms with E-state index in [0.29, 0.717) is 25.5 Å². The van der Waals surface area contributed by atoms with Crippen LogP contribution in [0.1, 0.15) is 11.7 Å². The molecule has 2 aromatic heterocycles. The molecule has 0 bridgehead atoms. The lowest BCUT2D eigenvalue weighted by Gasteiger charge is -2.33. The van der Waals surface area contributed by atoms with E-state index in [4.69, 9.17) is 4.74 Å². The second-order valence-corrected chi connectivity index (χ2v) is 6.43. The van der Waals surface area contributed by atoms with Crippen molar-refractivity contribution in [3.8, 4) is 0 Å². The number of hydrogen-bond donors (Lipinski definition) is 1. The first-order chi connectivity index (χ1) is 9.59. The molecule has 0 aromatic carbocycles. The number of aromatic nitrogens is 4. The van der Waals surface area contributed by atoms with E-state index in [2.05, 4.69) is 15.2 Å². The van der Waals surface area contributed by atoms with Crippen LogP contribution in [0, 0.1) is 0 Å². The molecule has 9 heteroatoms. The van der Waals surface area contributed by atoms with Crippen LogP contribution in [-0.2, 0) is 21.8 Å². The van der Waals surface area contributed by atoms with E-state index in [-0.39, 0.29) is 5.03 Å². The van der Waals surface area contributed by atoms with Crippen LogP contribution < -0.4 is 0 Å². The van der Waals surface area contributed by atoms with Crippen molar-refractivity contribution in [2.24, 2.45) is 7.05 Å². The SMILES string of the molecule is Cn1cnc(S(=O)(=O)N2CCOC[C@@H]2c2ccn[nH]2)c1. The van der Waals surface area contributed by atoms with Gasteiger partial charge in [-0.1, -0.05) is 0 Å². The summed E-state index contributed by atoms with van der Waals surface area (Å²) in [6.45, 7) is 0.966. The van der Waals surface area contributed by atoms with Gasteiger partial charge >= 0.3 is 0 Å². The molecule has 0 spiro atoms. The Bertz CT molecular complexity index is 679. The molecule has 0 radical (unpaired) electrons. The molecule has 20 heavy (non-hydrogen) atoms. The molecule has 1 fully saturated rings. The van der Waals surface area contributed by atoms with Gasteiger partial charge in [-0.3, -0.25) is 5.10 Å². The third-order valence-electron chi connectivity index (χ3n) is 3.21. The highest BCUT2D eigenvalue weighted by molar-refractivity contribution is 7.89. The van der Waals surface area contributed by atoms with Gasteiger partial charge in [0.15, 0.2) is 5.03 Å². The molecule has 0 saturated carbocycles. The lowest BCUT2D eigenvalue weighted by molar-refractivity contribution is 0.0305. The highest BCUT2D eigenvalue weighted by Gasteiger charge is 2.36. The van der Waals surface area contributed by atoms with Gasteiger partial charge in [0.25, 0.3) is 10.0 Å². The number of nitrogens with zero attached hydrogens (tertiary/aromatic N) is 4. The van der Waals surface area contributed by atoms with E-state index in [9.17, 15) is 8.42 Å². The standard InChI is InChI=1S/C11H15N5O3S/c1-15-6-11(12-8-15)20(17,18)16-4-5-19-7-10(16)9-2-3-13-14-9/h2-3,6,8,10H,4-5,7H2,1H3,(H,13,14)/t10-/m1/s1. The van der Waals surface area contributed by atoms with Crippen LogP contribution >= 0.6 is 0 Å². The first-order valence-electron chi connectivity index (χ1n) is 6.16. The van der Waals surface area contributed by atoms with Crippen molar-refractivity contribution in [3.63, 3.8) is 0 Å². The summed E-state index contributed by atoms with van der Waals surface area (Å²) in [6, 6.07) is 1.35. The number of imidazole rings is 1. The predicted molar refractivity (Wildman–Crippen MR) is 69.2 cm³/mol. The monoisotopic (exact) mass is 297 g/mol. The zero-order valence-corrected chi connectivity index (χ0v) is 11.7. The summed E-state index contributed by atoms with van der Waals surface area (Å²) in [5.74, 6) is 0. The third-order valence-corrected chi connectivity index (χ3v) is 5.01. The Balaban J connectivity index is 1.97. The Morgan fingerprint density at radius 2 is 2.35 bits per heavy atom. The van der Waals surface area contributed by atoms with Crippen molar-refractivity contribution in [1.82, 2.24) is 24.1 Å². The first-order valence-corrected chi connectivity index (χ1v) is 7.60. The summed E-state index contributed by atoms with van der Waals surface area (Å²) in [6.07, 6.45) is 4.56. The van der Waals surface area contributed by atoms with Gasteiger partial charge in [0.1, 0.15) is 0 Å². The van der Waals surface area contributed by atoms with E-state index in [1.165, 1.54) is 16.8 Å². The lowest BCUT2D eigenvalue weighted by Crippen LogP contribution is -2.43. The van der Waals surface area contributed by atoms with Gasteiger partial charge in [-0.25, -0.2) is 13.4 Å². The number of rotatable bonds is 3. The van der Waals surface area contributed by atoms with Gasteiger partial charge in [-0.15, -0.1) is 0 Å². The summed E-state index contributed by atoms with van der Waals surface area (Å²) in [7, 11) is -1.91. The van der Waals surface area contributed by atoms with Crippen LogP contribution in [0.5, 0.6) is 0 Å². The van der Waals surface area contributed by atoms with Gasteiger partial charge in [0, 0.05) is 26.0 Å². The van der Waals surface area contributed by atoms with Gasteiger partial charge < -0.3 is 9.30 Å². The van der Waals surface area contributed by atoms with Crippen molar-refractivity contribution < 1.29 is 13.2 Å². The summed E-state index contributed by atoms with van der Waals surface area (Å²) < 4.78 is 33.7. The zero-order chi connectivity index (χ0) is 14.2. The van der Waals surface area contributed by atoms with Crippen molar-refractivity contribution in [3.05, 3.63) is 30.5 Å². The maximum atomic E-state index is 12.7. The highest BCUT2D eigenvalue weighted by Crippen LogP contribution is 2.28. The fourth-order valence-corrected chi connectivity index (χ4v) is 3.76. The molecular formula is C11H15N5O3S. The number of morpholine rings is 1. The first kappa shape index (κ1) is 13.3. The van der Waals surface area contributed by atoms with Crippen LogP contribution in [0.4, 0.5) is 0 Å². The fourth-order valence-electron chi connectivity index (χ4n) is 2.22. The average molecular weight is 297 g/mol. The van der Waals surface area contributed by atoms with Gasteiger partial charge in [0.2, 0.25) is 0 Å². The molecule has 108 valence electrons. The van der Waals surface area contributed by atoms with Crippen molar-refractivity contribution >= 4 is 10.0 Å². The van der Waals surface area contributed by atoms with E-state index >= 15 is 0 Å². The minimum absolute atomic E-state index is 0.0476. The molecule has 3 rings (SSSR count). The number of nitrogens with one attached hydrogen (secondary N) is 1. The topological polar surface area (TPSA) is 93.1 Å². The zero-order valence-electron chi connectivity index (χ0n) is 10.9. The largest absolute Gasteiger partial charge is 0.378 e. The number of hydrogen-bond acceptors (Lipinski definition) is 5. The molecule has 8 nitrogen and oxygen atoms in total. The quantitative estimate of drug-likeness (QED) is 0.854. The lowest BCUT2D eigenvalue weighted by atomic mass is 10.2. The maximum absolute atomic E-state index is 12.7. The Kier molecular flexibility index (Phi) is 3.32. The van der Waals surface area contributed by atoms with E-state index in [1.807, 2.05) is 0 Å². The Labute approximate surface area is 116 Å². The van der Waals surface area contributed by atoms with E-state index in [1.54, 1.807) is 23.9 Å². The average Bonchev–Trinajstić information content (AvgIpc) is 3.10. The molecule has 3 heterocycles. The second-order valence-electron chi connectivity index (χ2n) is 4.60. The molecule has 0 unspecified atom stereocenters. The van der Waals surface area contributed by atoms with Crippen LogP contribution in [0.2, 0.25) is 0 Å².